The van der Waals surface area contributed by atoms with E-state index in [1.54, 1.807) is 11.8 Å². The van der Waals surface area contributed by atoms with Crippen molar-refractivity contribution >= 4 is 5.91 Å². The van der Waals surface area contributed by atoms with Crippen molar-refractivity contribution in [2.45, 2.75) is 32.7 Å². The van der Waals surface area contributed by atoms with Crippen molar-refractivity contribution in [3.63, 3.8) is 0 Å². The summed E-state index contributed by atoms with van der Waals surface area (Å²) in [4.78, 5) is 13.7. The summed E-state index contributed by atoms with van der Waals surface area (Å²) < 4.78 is 18.1. The summed E-state index contributed by atoms with van der Waals surface area (Å²) in [6, 6.07) is 1.56. The Hall–Kier alpha value is -1.32. The number of hydrogen-bond acceptors (Lipinski definition) is 2. The number of carbonyl (C=O) groups is 1. The summed E-state index contributed by atoms with van der Waals surface area (Å²) in [7, 11) is 0. The molecule has 0 radical (unpaired) electrons. The van der Waals surface area contributed by atoms with Crippen molar-refractivity contribution in [2.75, 3.05) is 13.2 Å². The van der Waals surface area contributed by atoms with Crippen LogP contribution in [0.1, 0.15) is 34.7 Å². The molecule has 1 fully saturated rings. The molecular formula is C12H16FNO2. The molecule has 0 N–H and O–H groups in total. The Morgan fingerprint density at radius 1 is 1.62 bits per heavy atom. The van der Waals surface area contributed by atoms with Crippen molar-refractivity contribution < 1.29 is 13.6 Å². The Balaban J connectivity index is 2.21. The van der Waals surface area contributed by atoms with E-state index in [-0.39, 0.29) is 11.9 Å². The number of likely N-dealkylation sites (tertiary alicyclic amines) is 1. The lowest BCUT2D eigenvalue weighted by atomic mass is 10.2. The van der Waals surface area contributed by atoms with Gasteiger partial charge in [0, 0.05) is 12.1 Å². The summed E-state index contributed by atoms with van der Waals surface area (Å²) in [5, 5.41) is 0. The van der Waals surface area contributed by atoms with E-state index in [4.69, 9.17) is 4.42 Å². The van der Waals surface area contributed by atoms with Crippen LogP contribution in [-0.4, -0.2) is 30.1 Å². The number of carbonyl (C=O) groups excluding carboxylic acids is 1. The average molecular weight is 225 g/mol. The maximum Gasteiger partial charge on any atom is 0.290 e. The number of alkyl halides is 1. The zero-order valence-electron chi connectivity index (χ0n) is 9.62. The van der Waals surface area contributed by atoms with E-state index in [0.717, 1.165) is 24.2 Å². The standard InChI is InChI=1S/C12H16FNO2/c1-8-6-9(2)16-11(8)12(15)14-5-3-4-10(14)7-13/h6,10H,3-5,7H2,1-2H3. The Morgan fingerprint density at radius 2 is 2.38 bits per heavy atom. The zero-order valence-corrected chi connectivity index (χ0v) is 9.62. The van der Waals surface area contributed by atoms with Crippen molar-refractivity contribution in [3.8, 4) is 0 Å². The van der Waals surface area contributed by atoms with Crippen molar-refractivity contribution in [3.05, 3.63) is 23.2 Å². The molecule has 2 heterocycles. The maximum absolute atomic E-state index is 12.7. The summed E-state index contributed by atoms with van der Waals surface area (Å²) in [6.07, 6.45) is 1.63. The van der Waals surface area contributed by atoms with E-state index in [9.17, 15) is 9.18 Å². The molecule has 0 aliphatic carbocycles. The van der Waals surface area contributed by atoms with E-state index in [2.05, 4.69) is 0 Å². The van der Waals surface area contributed by atoms with Gasteiger partial charge in [-0.3, -0.25) is 4.79 Å². The highest BCUT2D eigenvalue weighted by atomic mass is 19.1. The highest BCUT2D eigenvalue weighted by molar-refractivity contribution is 5.93. The van der Waals surface area contributed by atoms with Gasteiger partial charge in [0.15, 0.2) is 5.76 Å². The van der Waals surface area contributed by atoms with Gasteiger partial charge in [0.1, 0.15) is 12.4 Å². The van der Waals surface area contributed by atoms with Crippen LogP contribution in [0.5, 0.6) is 0 Å². The first-order valence-electron chi connectivity index (χ1n) is 5.57. The number of aryl methyl sites for hydroxylation is 2. The predicted octanol–water partition coefficient (Wildman–Crippen LogP) is 2.47. The molecule has 0 spiro atoms. The minimum atomic E-state index is -0.468. The van der Waals surface area contributed by atoms with Gasteiger partial charge in [-0.1, -0.05) is 0 Å². The molecule has 16 heavy (non-hydrogen) atoms. The van der Waals surface area contributed by atoms with Crippen LogP contribution in [0.2, 0.25) is 0 Å². The number of rotatable bonds is 2. The van der Waals surface area contributed by atoms with Gasteiger partial charge >= 0.3 is 0 Å². The van der Waals surface area contributed by atoms with Gasteiger partial charge in [-0.15, -0.1) is 0 Å². The fourth-order valence-electron chi connectivity index (χ4n) is 2.25. The average Bonchev–Trinajstić information content (AvgIpc) is 2.83. The van der Waals surface area contributed by atoms with Crippen molar-refractivity contribution in [2.24, 2.45) is 0 Å². The number of nitrogens with zero attached hydrogens (tertiary/aromatic N) is 1. The summed E-state index contributed by atoms with van der Waals surface area (Å²) in [5.41, 5.74) is 0.826. The second kappa shape index (κ2) is 4.28. The molecule has 1 amide bonds. The molecule has 1 saturated heterocycles. The van der Waals surface area contributed by atoms with Crippen molar-refractivity contribution in [1.29, 1.82) is 0 Å². The quantitative estimate of drug-likeness (QED) is 0.774. The Morgan fingerprint density at radius 3 is 2.94 bits per heavy atom. The lowest BCUT2D eigenvalue weighted by Crippen LogP contribution is -2.36. The largest absolute Gasteiger partial charge is 0.456 e. The Bertz CT molecular complexity index is 400. The van der Waals surface area contributed by atoms with Gasteiger partial charge < -0.3 is 9.32 Å². The van der Waals surface area contributed by atoms with E-state index in [0.29, 0.717) is 12.3 Å². The SMILES string of the molecule is Cc1cc(C)c(C(=O)N2CCCC2CF)o1. The molecule has 1 aromatic heterocycles. The van der Waals surface area contributed by atoms with E-state index in [1.165, 1.54) is 0 Å². The van der Waals surface area contributed by atoms with Gasteiger partial charge in [0.2, 0.25) is 0 Å². The molecule has 3 nitrogen and oxygen atoms in total. The summed E-state index contributed by atoms with van der Waals surface area (Å²) >= 11 is 0. The van der Waals surface area contributed by atoms with E-state index < -0.39 is 6.67 Å². The number of halogens is 1. The zero-order chi connectivity index (χ0) is 11.7. The third-order valence-corrected chi connectivity index (χ3v) is 3.05. The highest BCUT2D eigenvalue weighted by Crippen LogP contribution is 2.23. The normalized spacial score (nSPS) is 20.4. The van der Waals surface area contributed by atoms with Crippen LogP contribution >= 0.6 is 0 Å². The van der Waals surface area contributed by atoms with Crippen LogP contribution in [0.15, 0.2) is 10.5 Å². The van der Waals surface area contributed by atoms with Gasteiger partial charge in [0.05, 0.1) is 6.04 Å². The smallest absolute Gasteiger partial charge is 0.290 e. The molecule has 4 heteroatoms. The fraction of sp³-hybridized carbons (Fsp3) is 0.583. The molecular weight excluding hydrogens is 209 g/mol. The first-order valence-corrected chi connectivity index (χ1v) is 5.57. The van der Waals surface area contributed by atoms with Gasteiger partial charge in [-0.25, -0.2) is 4.39 Å². The summed E-state index contributed by atoms with van der Waals surface area (Å²) in [5.74, 6) is 0.903. The third kappa shape index (κ3) is 1.84. The minimum Gasteiger partial charge on any atom is -0.456 e. The predicted molar refractivity (Wildman–Crippen MR) is 58.2 cm³/mol. The molecule has 1 unspecified atom stereocenters. The Kier molecular flexibility index (Phi) is 2.99. The molecule has 0 saturated carbocycles. The molecule has 88 valence electrons. The first kappa shape index (κ1) is 11.2. The molecule has 0 bridgehead atoms. The summed E-state index contributed by atoms with van der Waals surface area (Å²) in [6.45, 7) is 3.81. The third-order valence-electron chi connectivity index (χ3n) is 3.05. The molecule has 1 aromatic rings. The molecule has 2 rings (SSSR count). The molecule has 1 aliphatic rings. The van der Waals surface area contributed by atoms with Gasteiger partial charge in [-0.05, 0) is 32.8 Å². The number of amides is 1. The van der Waals surface area contributed by atoms with Crippen LogP contribution in [0.3, 0.4) is 0 Å². The Labute approximate surface area is 94.2 Å². The van der Waals surface area contributed by atoms with E-state index >= 15 is 0 Å². The van der Waals surface area contributed by atoms with Crippen LogP contribution in [0.4, 0.5) is 4.39 Å². The number of hydrogen-bond donors (Lipinski definition) is 0. The van der Waals surface area contributed by atoms with Crippen LogP contribution < -0.4 is 0 Å². The molecule has 1 aliphatic heterocycles. The second-order valence-corrected chi connectivity index (χ2v) is 4.32. The van der Waals surface area contributed by atoms with Crippen LogP contribution in [0.25, 0.3) is 0 Å². The van der Waals surface area contributed by atoms with E-state index in [1.807, 2.05) is 13.0 Å². The monoisotopic (exact) mass is 225 g/mol. The first-order chi connectivity index (χ1) is 7.63. The highest BCUT2D eigenvalue weighted by Gasteiger charge is 2.31. The minimum absolute atomic E-state index is 0.175. The molecule has 1 atom stereocenters. The second-order valence-electron chi connectivity index (χ2n) is 4.32. The lowest BCUT2D eigenvalue weighted by molar-refractivity contribution is 0.0681. The maximum atomic E-state index is 12.7. The van der Waals surface area contributed by atoms with Crippen LogP contribution in [-0.2, 0) is 0 Å². The lowest BCUT2D eigenvalue weighted by Gasteiger charge is -2.21. The number of furan rings is 1. The topological polar surface area (TPSA) is 33.5 Å². The van der Waals surface area contributed by atoms with Crippen molar-refractivity contribution in [1.82, 2.24) is 4.90 Å². The van der Waals surface area contributed by atoms with Gasteiger partial charge in [0.25, 0.3) is 5.91 Å². The fourth-order valence-corrected chi connectivity index (χ4v) is 2.25. The van der Waals surface area contributed by atoms with Gasteiger partial charge in [-0.2, -0.15) is 0 Å². The molecule has 0 aromatic carbocycles. The van der Waals surface area contributed by atoms with Crippen LogP contribution in [0, 0.1) is 13.8 Å².